The monoisotopic (exact) mass is 479 g/mol. The van der Waals surface area contributed by atoms with Crippen LogP contribution < -0.4 is 10.6 Å². The molecular formula is C28H41N5O2. The number of allylic oxidation sites excluding steroid dienone is 1. The molecule has 3 unspecified atom stereocenters. The summed E-state index contributed by atoms with van der Waals surface area (Å²) < 4.78 is 6.09. The van der Waals surface area contributed by atoms with Gasteiger partial charge in [0, 0.05) is 44.2 Å². The van der Waals surface area contributed by atoms with Crippen LogP contribution in [0.3, 0.4) is 0 Å². The molecule has 0 spiro atoms. The van der Waals surface area contributed by atoms with E-state index in [1.165, 1.54) is 5.57 Å². The van der Waals surface area contributed by atoms with Crippen molar-refractivity contribution in [3.8, 4) is 11.5 Å². The van der Waals surface area contributed by atoms with Crippen molar-refractivity contribution in [1.82, 2.24) is 15.1 Å². The summed E-state index contributed by atoms with van der Waals surface area (Å²) in [6.45, 7) is 9.92. The van der Waals surface area contributed by atoms with Crippen LogP contribution in [0, 0.1) is 29.6 Å². The average Bonchev–Trinajstić information content (AvgIpc) is 3.29. The largest absolute Gasteiger partial charge is 0.421 e. The van der Waals surface area contributed by atoms with Crippen molar-refractivity contribution in [2.24, 2.45) is 35.3 Å². The van der Waals surface area contributed by atoms with Crippen molar-refractivity contribution in [3.63, 3.8) is 0 Å². The van der Waals surface area contributed by atoms with E-state index in [1.807, 2.05) is 26.2 Å². The highest BCUT2D eigenvalue weighted by Gasteiger charge is 2.34. The molecule has 0 radical (unpaired) electrons. The van der Waals surface area contributed by atoms with Gasteiger partial charge in [0.15, 0.2) is 0 Å². The minimum absolute atomic E-state index is 0.0466. The molecule has 0 saturated carbocycles. The second-order valence-electron chi connectivity index (χ2n) is 11.0. The van der Waals surface area contributed by atoms with E-state index >= 15 is 0 Å². The second kappa shape index (κ2) is 10.9. The van der Waals surface area contributed by atoms with Crippen molar-refractivity contribution >= 4 is 11.6 Å². The first-order chi connectivity index (χ1) is 16.7. The fraction of sp³-hybridized carbons (Fsp3) is 0.607. The van der Waals surface area contributed by atoms with Crippen LogP contribution in [0.4, 0.5) is 5.69 Å². The summed E-state index contributed by atoms with van der Waals surface area (Å²) in [5.41, 5.74) is 9.04. The van der Waals surface area contributed by atoms with Gasteiger partial charge in [0.05, 0.1) is 0 Å². The highest BCUT2D eigenvalue weighted by molar-refractivity contribution is 5.76. The van der Waals surface area contributed by atoms with E-state index in [0.717, 1.165) is 56.6 Å². The Morgan fingerprint density at radius 2 is 1.86 bits per heavy atom. The first-order valence-corrected chi connectivity index (χ1v) is 13.0. The third kappa shape index (κ3) is 6.13. The highest BCUT2D eigenvalue weighted by Crippen LogP contribution is 2.39. The lowest BCUT2D eigenvalue weighted by atomic mass is 9.69. The van der Waals surface area contributed by atoms with Crippen LogP contribution in [0.25, 0.3) is 11.5 Å². The second-order valence-corrected chi connectivity index (χ2v) is 11.0. The highest BCUT2D eigenvalue weighted by atomic mass is 16.4. The number of piperidine rings is 1. The molecule has 2 heterocycles. The SMILES string of the molecule is CC1=CC(CN2CCC(C(N)=O)CC2)C(C(C)C)CC1Cc1nnc(-c2ccc(N(C)C)cc2)o1. The lowest BCUT2D eigenvalue weighted by Gasteiger charge is -2.40. The van der Waals surface area contributed by atoms with E-state index < -0.39 is 0 Å². The third-order valence-corrected chi connectivity index (χ3v) is 8.06. The summed E-state index contributed by atoms with van der Waals surface area (Å²) in [6, 6.07) is 8.20. The number of primary amides is 1. The van der Waals surface area contributed by atoms with Crippen molar-refractivity contribution in [2.75, 3.05) is 38.6 Å². The van der Waals surface area contributed by atoms with Crippen molar-refractivity contribution in [3.05, 3.63) is 41.8 Å². The fourth-order valence-corrected chi connectivity index (χ4v) is 5.75. The number of rotatable bonds is 8. The van der Waals surface area contributed by atoms with Gasteiger partial charge in [-0.15, -0.1) is 10.2 Å². The summed E-state index contributed by atoms with van der Waals surface area (Å²) >= 11 is 0. The van der Waals surface area contributed by atoms with E-state index in [0.29, 0.717) is 35.5 Å². The Hall–Kier alpha value is -2.67. The van der Waals surface area contributed by atoms with Gasteiger partial charge in [0.2, 0.25) is 17.7 Å². The van der Waals surface area contributed by atoms with Crippen LogP contribution in [0.15, 0.2) is 40.3 Å². The Morgan fingerprint density at radius 1 is 1.17 bits per heavy atom. The van der Waals surface area contributed by atoms with Gasteiger partial charge in [-0.2, -0.15) is 0 Å². The number of carbonyl (C=O) groups excluding carboxylic acids is 1. The van der Waals surface area contributed by atoms with Gasteiger partial charge in [0.1, 0.15) is 0 Å². The Balaban J connectivity index is 1.41. The maximum absolute atomic E-state index is 11.5. The molecule has 3 atom stereocenters. The summed E-state index contributed by atoms with van der Waals surface area (Å²) in [5.74, 6) is 3.36. The average molecular weight is 480 g/mol. The number of anilines is 1. The first-order valence-electron chi connectivity index (χ1n) is 13.0. The van der Waals surface area contributed by atoms with Gasteiger partial charge in [-0.3, -0.25) is 4.79 Å². The molecule has 0 bridgehead atoms. The molecule has 1 aliphatic carbocycles. The van der Waals surface area contributed by atoms with Crippen LogP contribution in [-0.2, 0) is 11.2 Å². The van der Waals surface area contributed by atoms with Crippen LogP contribution in [0.2, 0.25) is 0 Å². The number of hydrogen-bond donors (Lipinski definition) is 1. The molecule has 1 aromatic heterocycles. The van der Waals surface area contributed by atoms with E-state index in [9.17, 15) is 4.79 Å². The topological polar surface area (TPSA) is 88.5 Å². The quantitative estimate of drug-likeness (QED) is 0.565. The van der Waals surface area contributed by atoms with Crippen LogP contribution in [0.1, 0.15) is 45.9 Å². The normalized spacial score (nSPS) is 23.9. The summed E-state index contributed by atoms with van der Waals surface area (Å²) in [6.07, 6.45) is 6.19. The van der Waals surface area contributed by atoms with Gasteiger partial charge in [-0.25, -0.2) is 0 Å². The predicted octanol–water partition coefficient (Wildman–Crippen LogP) is 4.40. The number of amides is 1. The van der Waals surface area contributed by atoms with Crippen molar-refractivity contribution in [1.29, 1.82) is 0 Å². The molecule has 1 aromatic carbocycles. The number of aromatic nitrogens is 2. The van der Waals surface area contributed by atoms with Crippen LogP contribution >= 0.6 is 0 Å². The lowest BCUT2D eigenvalue weighted by Crippen LogP contribution is -2.43. The molecule has 7 heteroatoms. The Morgan fingerprint density at radius 3 is 2.46 bits per heavy atom. The maximum atomic E-state index is 11.5. The van der Waals surface area contributed by atoms with E-state index in [4.69, 9.17) is 10.2 Å². The van der Waals surface area contributed by atoms with Crippen molar-refractivity contribution < 1.29 is 9.21 Å². The minimum Gasteiger partial charge on any atom is -0.421 e. The van der Waals surface area contributed by atoms with Gasteiger partial charge in [0.25, 0.3) is 0 Å². The molecule has 2 aromatic rings. The number of carbonyl (C=O) groups is 1. The summed E-state index contributed by atoms with van der Waals surface area (Å²) in [5, 5.41) is 8.71. The molecule has 2 aliphatic rings. The molecule has 190 valence electrons. The lowest BCUT2D eigenvalue weighted by molar-refractivity contribution is -0.123. The van der Waals surface area contributed by atoms with Crippen LogP contribution in [-0.4, -0.2) is 54.7 Å². The third-order valence-electron chi connectivity index (χ3n) is 8.06. The number of hydrogen-bond acceptors (Lipinski definition) is 6. The molecule has 1 saturated heterocycles. The molecule has 4 rings (SSSR count). The zero-order chi connectivity index (χ0) is 25.1. The van der Waals surface area contributed by atoms with E-state index in [1.54, 1.807) is 0 Å². The Bertz CT molecular complexity index is 1020. The number of benzene rings is 1. The number of nitrogens with two attached hydrogens (primary N) is 1. The van der Waals surface area contributed by atoms with Gasteiger partial charge in [-0.1, -0.05) is 25.5 Å². The smallest absolute Gasteiger partial charge is 0.247 e. The molecule has 1 fully saturated rings. The van der Waals surface area contributed by atoms with Crippen LogP contribution in [0.5, 0.6) is 0 Å². The minimum atomic E-state index is -0.143. The Labute approximate surface area is 209 Å². The zero-order valence-corrected chi connectivity index (χ0v) is 21.9. The van der Waals surface area contributed by atoms with E-state index in [-0.39, 0.29) is 11.8 Å². The molecule has 2 N–H and O–H groups in total. The fourth-order valence-electron chi connectivity index (χ4n) is 5.75. The molecule has 1 aliphatic heterocycles. The molecular weight excluding hydrogens is 438 g/mol. The Kier molecular flexibility index (Phi) is 7.95. The van der Waals surface area contributed by atoms with Crippen molar-refractivity contribution in [2.45, 2.75) is 46.5 Å². The van der Waals surface area contributed by atoms with Gasteiger partial charge in [-0.05, 0) is 87.2 Å². The maximum Gasteiger partial charge on any atom is 0.247 e. The first kappa shape index (κ1) is 25.4. The summed E-state index contributed by atoms with van der Waals surface area (Å²) in [7, 11) is 4.06. The van der Waals surface area contributed by atoms with Gasteiger partial charge < -0.3 is 20.0 Å². The number of likely N-dealkylation sites (tertiary alicyclic amines) is 1. The summed E-state index contributed by atoms with van der Waals surface area (Å²) in [4.78, 5) is 16.1. The predicted molar refractivity (Wildman–Crippen MR) is 140 cm³/mol. The van der Waals surface area contributed by atoms with E-state index in [2.05, 4.69) is 59.0 Å². The number of nitrogens with zero attached hydrogens (tertiary/aromatic N) is 4. The molecule has 7 nitrogen and oxygen atoms in total. The zero-order valence-electron chi connectivity index (χ0n) is 21.9. The standard InChI is InChI=1S/C28H41N5O2/c1-18(2)25-15-22(19(3)14-23(25)17-33-12-10-20(11-13-33)27(29)34)16-26-30-31-28(35-26)21-6-8-24(9-7-21)32(4)5/h6-9,14,18,20,22-23,25H,10-13,15-17H2,1-5H3,(H2,29,34). The van der Waals surface area contributed by atoms with Gasteiger partial charge >= 0.3 is 0 Å². The molecule has 1 amide bonds. The molecule has 35 heavy (non-hydrogen) atoms.